The fourth-order valence-electron chi connectivity index (χ4n) is 1.47. The Bertz CT molecular complexity index is 886. The van der Waals surface area contributed by atoms with Gasteiger partial charge < -0.3 is 15.0 Å². The standard InChI is InChI=1S/C11H12N4O4S2.C2HF3O2/c16-10(17)8-14-21(18,19)6-4-15-3-1-9(7-13-15)11-12-2-5-20-11;3-2(4,5)1(6)7/h1-3,5,7,14H,4,6,8H2;(H,6,7). The van der Waals surface area contributed by atoms with Crippen molar-refractivity contribution in [3.05, 3.63) is 30.0 Å². The van der Waals surface area contributed by atoms with Crippen LogP contribution in [0.2, 0.25) is 0 Å². The fourth-order valence-corrected chi connectivity index (χ4v) is 3.01. The molecule has 0 saturated carbocycles. The quantitative estimate of drug-likeness (QED) is 0.507. The summed E-state index contributed by atoms with van der Waals surface area (Å²) in [5.41, 5.74) is 0.855. The van der Waals surface area contributed by atoms with E-state index in [4.69, 9.17) is 15.0 Å². The predicted octanol–water partition coefficient (Wildman–Crippen LogP) is -1.20. The van der Waals surface area contributed by atoms with Crippen LogP contribution < -0.4 is 14.5 Å². The van der Waals surface area contributed by atoms with E-state index in [2.05, 4.69) is 10.1 Å². The van der Waals surface area contributed by atoms with Crippen molar-refractivity contribution in [3.8, 4) is 10.6 Å². The normalized spacial score (nSPS) is 11.4. The van der Waals surface area contributed by atoms with Crippen molar-refractivity contribution in [2.75, 3.05) is 12.3 Å². The van der Waals surface area contributed by atoms with E-state index in [1.165, 1.54) is 16.0 Å². The monoisotopic (exact) mass is 442 g/mol. The molecule has 2 rings (SSSR count). The van der Waals surface area contributed by atoms with Crippen LogP contribution in [0.4, 0.5) is 13.2 Å². The van der Waals surface area contributed by atoms with Crippen molar-refractivity contribution in [2.24, 2.45) is 0 Å². The molecule has 15 heteroatoms. The summed E-state index contributed by atoms with van der Waals surface area (Å²) in [4.78, 5) is 23.3. The minimum absolute atomic E-state index is 0.132. The van der Waals surface area contributed by atoms with E-state index in [1.54, 1.807) is 24.7 Å². The van der Waals surface area contributed by atoms with Gasteiger partial charge in [0, 0.05) is 23.2 Å². The highest BCUT2D eigenvalue weighted by Gasteiger charge is 2.28. The highest BCUT2D eigenvalue weighted by Crippen LogP contribution is 2.18. The van der Waals surface area contributed by atoms with Crippen LogP contribution in [0.15, 0.2) is 30.0 Å². The lowest BCUT2D eigenvalue weighted by atomic mass is 10.3. The molecule has 10 nitrogen and oxygen atoms in total. The average molecular weight is 442 g/mol. The summed E-state index contributed by atoms with van der Waals surface area (Å²) in [6, 6.07) is 1.79. The van der Waals surface area contributed by atoms with Gasteiger partial charge in [0.25, 0.3) is 0 Å². The van der Waals surface area contributed by atoms with Crippen LogP contribution in [-0.2, 0) is 26.2 Å². The Hall–Kier alpha value is -2.65. The number of aliphatic carboxylic acids is 2. The van der Waals surface area contributed by atoms with Gasteiger partial charge >= 0.3 is 12.1 Å². The van der Waals surface area contributed by atoms with Crippen LogP contribution in [0.1, 0.15) is 0 Å². The number of aryl methyl sites for hydroxylation is 1. The van der Waals surface area contributed by atoms with E-state index in [1.807, 2.05) is 10.1 Å². The highest BCUT2D eigenvalue weighted by atomic mass is 32.2. The number of carboxylic acids is 2. The molecule has 0 spiro atoms. The molecule has 2 aromatic heterocycles. The van der Waals surface area contributed by atoms with Gasteiger partial charge in [-0.3, -0.25) is 4.79 Å². The highest BCUT2D eigenvalue weighted by molar-refractivity contribution is 7.89. The molecule has 0 unspecified atom stereocenters. The molecule has 0 aromatic carbocycles. The number of hydrogen-bond donors (Lipinski definition) is 2. The molecule has 0 aliphatic carbocycles. The van der Waals surface area contributed by atoms with Crippen LogP contribution in [0, 0.1) is 0 Å². The molecule has 0 amide bonds. The van der Waals surface area contributed by atoms with Crippen molar-refractivity contribution in [1.29, 1.82) is 0 Å². The van der Waals surface area contributed by atoms with E-state index in [0.717, 1.165) is 10.6 Å². The third kappa shape index (κ3) is 8.83. The maximum absolute atomic E-state index is 11.5. The summed E-state index contributed by atoms with van der Waals surface area (Å²) in [5.74, 6) is -4.47. The zero-order valence-corrected chi connectivity index (χ0v) is 15.4. The minimum Gasteiger partial charge on any atom is -0.542 e. The van der Waals surface area contributed by atoms with E-state index in [-0.39, 0.29) is 12.3 Å². The lowest BCUT2D eigenvalue weighted by Gasteiger charge is -2.03. The van der Waals surface area contributed by atoms with Gasteiger partial charge in [0.05, 0.1) is 0 Å². The van der Waals surface area contributed by atoms with Crippen LogP contribution in [0.25, 0.3) is 10.6 Å². The van der Waals surface area contributed by atoms with Crippen molar-refractivity contribution < 1.29 is 46.1 Å². The number of nitrogens with zero attached hydrogens (tertiary/aromatic N) is 3. The van der Waals surface area contributed by atoms with Gasteiger partial charge in [-0.15, -0.1) is 11.3 Å². The first-order chi connectivity index (χ1) is 12.9. The SMILES string of the molecule is O=C(O)CNS(=O)(=O)CC[n+]1ccc(-c2nccs2)cn1.O=C([O-])C(F)(F)F. The molecule has 0 fully saturated rings. The van der Waals surface area contributed by atoms with E-state index in [0.29, 0.717) is 0 Å². The topological polar surface area (TPSA) is 153 Å². The molecule has 2 N–H and O–H groups in total. The molecule has 0 aliphatic heterocycles. The third-order valence-corrected chi connectivity index (χ3v) is 4.84. The Balaban J connectivity index is 0.000000480. The zero-order valence-electron chi connectivity index (χ0n) is 13.8. The number of alkyl halides is 3. The smallest absolute Gasteiger partial charge is 0.430 e. The van der Waals surface area contributed by atoms with Gasteiger partial charge in [-0.1, -0.05) is 4.68 Å². The number of carbonyl (C=O) groups excluding carboxylic acids is 1. The molecule has 0 bridgehead atoms. The van der Waals surface area contributed by atoms with Crippen molar-refractivity contribution in [3.63, 3.8) is 0 Å². The maximum Gasteiger partial charge on any atom is 0.430 e. The Morgan fingerprint density at radius 1 is 1.36 bits per heavy atom. The van der Waals surface area contributed by atoms with Crippen LogP contribution in [-0.4, -0.2) is 54.0 Å². The summed E-state index contributed by atoms with van der Waals surface area (Å²) >= 11 is 1.49. The number of rotatable bonds is 7. The van der Waals surface area contributed by atoms with Crippen LogP contribution >= 0.6 is 11.3 Å². The summed E-state index contributed by atoms with van der Waals surface area (Å²) < 4.78 is 58.1. The molecule has 2 aromatic rings. The summed E-state index contributed by atoms with van der Waals surface area (Å²) in [6.07, 6.45) is -0.235. The Kier molecular flexibility index (Phi) is 8.39. The van der Waals surface area contributed by atoms with Crippen LogP contribution in [0.3, 0.4) is 0 Å². The first kappa shape index (κ1) is 23.4. The summed E-state index contributed by atoms with van der Waals surface area (Å²) in [7, 11) is -3.63. The van der Waals surface area contributed by atoms with E-state index in [9.17, 15) is 26.4 Å². The van der Waals surface area contributed by atoms with E-state index < -0.39 is 34.7 Å². The second kappa shape index (κ2) is 10.0. The van der Waals surface area contributed by atoms with Crippen molar-refractivity contribution in [2.45, 2.75) is 12.7 Å². The second-order valence-corrected chi connectivity index (χ2v) is 7.66. The average Bonchev–Trinajstić information content (AvgIpc) is 3.13. The lowest BCUT2D eigenvalue weighted by Crippen LogP contribution is -2.43. The van der Waals surface area contributed by atoms with Gasteiger partial charge in [-0.25, -0.2) is 18.1 Å². The Labute approximate surface area is 160 Å². The molecule has 0 radical (unpaired) electrons. The zero-order chi connectivity index (χ0) is 21.4. The number of halogens is 3. The van der Waals surface area contributed by atoms with Crippen molar-refractivity contribution in [1.82, 2.24) is 14.8 Å². The number of sulfonamides is 1. The van der Waals surface area contributed by atoms with Crippen molar-refractivity contribution >= 4 is 33.3 Å². The molecule has 0 atom stereocenters. The number of nitrogens with one attached hydrogen (secondary N) is 1. The third-order valence-electron chi connectivity index (χ3n) is 2.71. The number of thiazole rings is 1. The first-order valence-corrected chi connectivity index (χ1v) is 9.67. The van der Waals surface area contributed by atoms with Gasteiger partial charge in [0.15, 0.2) is 12.7 Å². The molecule has 0 saturated heterocycles. The Morgan fingerprint density at radius 3 is 2.43 bits per heavy atom. The molecule has 154 valence electrons. The maximum atomic E-state index is 11.5. The number of carboxylic acid groups (broad SMARTS) is 2. The number of aromatic nitrogens is 3. The fraction of sp³-hybridized carbons (Fsp3) is 0.308. The van der Waals surface area contributed by atoms with Gasteiger partial charge in [0.2, 0.25) is 10.0 Å². The molecule has 28 heavy (non-hydrogen) atoms. The van der Waals surface area contributed by atoms with Crippen LogP contribution in [0.5, 0.6) is 0 Å². The van der Waals surface area contributed by atoms with Gasteiger partial charge in [-0.05, 0) is 5.10 Å². The second-order valence-electron chi connectivity index (χ2n) is 4.83. The molecule has 2 heterocycles. The summed E-state index contributed by atoms with van der Waals surface area (Å²) in [6.45, 7) is -0.490. The Morgan fingerprint density at radius 2 is 2.00 bits per heavy atom. The van der Waals surface area contributed by atoms with Gasteiger partial charge in [-0.2, -0.15) is 13.2 Å². The molecular formula is C13H13F3N4O6S2. The minimum atomic E-state index is -5.19. The largest absolute Gasteiger partial charge is 0.542 e. The van der Waals surface area contributed by atoms with Gasteiger partial charge in [0.1, 0.15) is 29.5 Å². The molecule has 0 aliphatic rings. The number of carbonyl (C=O) groups is 2. The van der Waals surface area contributed by atoms with E-state index >= 15 is 0 Å². The predicted molar refractivity (Wildman–Crippen MR) is 86.0 cm³/mol. The summed E-state index contributed by atoms with van der Waals surface area (Å²) in [5, 5.41) is 24.0. The first-order valence-electron chi connectivity index (χ1n) is 7.13. The lowest BCUT2D eigenvalue weighted by molar-refractivity contribution is -0.749. The molecular weight excluding hydrogens is 429 g/mol. The number of hydrogen-bond acceptors (Lipinski definition) is 8.